The van der Waals surface area contributed by atoms with Gasteiger partial charge in [0.25, 0.3) is 0 Å². The number of halogens is 2. The SMILES string of the molecule is O=C(c1ccccc1)C(F)(F)C(C=Cc1ccc2ccccc2c1)c1ccc2ccccc2c1. The van der Waals surface area contributed by atoms with Gasteiger partial charge in [0.15, 0.2) is 0 Å². The first kappa shape index (κ1) is 21.7. The summed E-state index contributed by atoms with van der Waals surface area (Å²) in [4.78, 5) is 12.9. The zero-order valence-corrected chi connectivity index (χ0v) is 18.4. The molecule has 0 bridgehead atoms. The third-order valence-electron chi connectivity index (χ3n) is 6.12. The van der Waals surface area contributed by atoms with Gasteiger partial charge in [0.2, 0.25) is 5.78 Å². The van der Waals surface area contributed by atoms with E-state index >= 15 is 8.78 Å². The highest BCUT2D eigenvalue weighted by molar-refractivity contribution is 6.02. The number of benzene rings is 5. The van der Waals surface area contributed by atoms with Gasteiger partial charge in [-0.15, -0.1) is 0 Å². The van der Waals surface area contributed by atoms with Crippen molar-refractivity contribution in [3.8, 4) is 0 Å². The average molecular weight is 449 g/mol. The molecule has 0 radical (unpaired) electrons. The van der Waals surface area contributed by atoms with E-state index in [1.165, 1.54) is 18.2 Å². The number of hydrogen-bond acceptors (Lipinski definition) is 1. The minimum Gasteiger partial charge on any atom is -0.287 e. The Morgan fingerprint density at radius 3 is 1.88 bits per heavy atom. The molecule has 0 aliphatic heterocycles. The van der Waals surface area contributed by atoms with Crippen LogP contribution in [0.3, 0.4) is 0 Å². The van der Waals surface area contributed by atoms with Crippen LogP contribution in [0.2, 0.25) is 0 Å². The van der Waals surface area contributed by atoms with Crippen LogP contribution in [0.5, 0.6) is 0 Å². The molecule has 5 rings (SSSR count). The molecule has 0 spiro atoms. The van der Waals surface area contributed by atoms with Gasteiger partial charge >= 0.3 is 5.92 Å². The second-order valence-electron chi connectivity index (χ2n) is 8.37. The second-order valence-corrected chi connectivity index (χ2v) is 8.37. The lowest BCUT2D eigenvalue weighted by molar-refractivity contribution is 0.00128. The zero-order chi connectivity index (χ0) is 23.5. The maximum atomic E-state index is 15.8. The van der Waals surface area contributed by atoms with Crippen LogP contribution in [0, 0.1) is 0 Å². The van der Waals surface area contributed by atoms with Crippen molar-refractivity contribution in [3.63, 3.8) is 0 Å². The van der Waals surface area contributed by atoms with E-state index in [9.17, 15) is 4.79 Å². The highest BCUT2D eigenvalue weighted by Gasteiger charge is 2.46. The quantitative estimate of drug-likeness (QED) is 0.239. The van der Waals surface area contributed by atoms with E-state index in [0.29, 0.717) is 5.56 Å². The fourth-order valence-corrected chi connectivity index (χ4v) is 4.28. The predicted octanol–water partition coefficient (Wildman–Crippen LogP) is 8.31. The molecule has 5 aromatic carbocycles. The van der Waals surface area contributed by atoms with Gasteiger partial charge in [-0.2, -0.15) is 8.78 Å². The van der Waals surface area contributed by atoms with Crippen LogP contribution in [0.1, 0.15) is 27.4 Å². The molecule has 3 heteroatoms. The lowest BCUT2D eigenvalue weighted by atomic mass is 9.86. The molecular weight excluding hydrogens is 426 g/mol. The standard InChI is InChI=1S/C31H22F2O/c32-31(33,30(34)25-10-2-1-3-11-25)29(28-18-17-24-9-5-7-13-27(24)21-28)19-15-22-14-16-23-8-4-6-12-26(23)20-22/h1-21,29H. The summed E-state index contributed by atoms with van der Waals surface area (Å²) < 4.78 is 31.6. The number of alkyl halides is 2. The number of allylic oxidation sites excluding steroid dienone is 1. The summed E-state index contributed by atoms with van der Waals surface area (Å²) in [5.41, 5.74) is 1.19. The Labute approximate surface area is 197 Å². The number of Topliss-reactive ketones (excluding diaryl/α,β-unsaturated/α-hetero) is 1. The summed E-state index contributed by atoms with van der Waals surface area (Å²) in [5, 5.41) is 3.92. The van der Waals surface area contributed by atoms with Crippen LogP contribution in [0.4, 0.5) is 8.78 Å². The summed E-state index contributed by atoms with van der Waals surface area (Å²) in [6.07, 6.45) is 3.13. The van der Waals surface area contributed by atoms with Gasteiger partial charge in [-0.05, 0) is 38.7 Å². The highest BCUT2D eigenvalue weighted by atomic mass is 19.3. The smallest absolute Gasteiger partial charge is 0.287 e. The highest BCUT2D eigenvalue weighted by Crippen LogP contribution is 2.39. The van der Waals surface area contributed by atoms with Crippen LogP contribution in [-0.2, 0) is 0 Å². The lowest BCUT2D eigenvalue weighted by Gasteiger charge is -2.24. The van der Waals surface area contributed by atoms with Gasteiger partial charge in [-0.3, -0.25) is 4.79 Å². The molecule has 0 saturated carbocycles. The van der Waals surface area contributed by atoms with E-state index in [0.717, 1.165) is 27.1 Å². The van der Waals surface area contributed by atoms with Gasteiger partial charge < -0.3 is 0 Å². The molecule has 0 aliphatic carbocycles. The third-order valence-corrected chi connectivity index (χ3v) is 6.12. The minimum atomic E-state index is -3.63. The van der Waals surface area contributed by atoms with Gasteiger partial charge in [-0.25, -0.2) is 0 Å². The maximum Gasteiger partial charge on any atom is 0.319 e. The molecule has 0 fully saturated rings. The molecule has 1 atom stereocenters. The van der Waals surface area contributed by atoms with Gasteiger partial charge in [0, 0.05) is 5.56 Å². The first-order valence-electron chi connectivity index (χ1n) is 11.2. The minimum absolute atomic E-state index is 0.00241. The number of hydrogen-bond donors (Lipinski definition) is 0. The molecule has 0 heterocycles. The van der Waals surface area contributed by atoms with Crippen molar-refractivity contribution in [3.05, 3.63) is 138 Å². The summed E-state index contributed by atoms with van der Waals surface area (Å²) in [6.45, 7) is 0. The van der Waals surface area contributed by atoms with Crippen molar-refractivity contribution < 1.29 is 13.6 Å². The molecule has 0 aromatic heterocycles. The first-order valence-corrected chi connectivity index (χ1v) is 11.2. The molecule has 166 valence electrons. The maximum absolute atomic E-state index is 15.8. The van der Waals surface area contributed by atoms with Crippen molar-refractivity contribution >= 4 is 33.4 Å². The van der Waals surface area contributed by atoms with Crippen molar-refractivity contribution in [1.29, 1.82) is 0 Å². The molecule has 0 saturated heterocycles. The topological polar surface area (TPSA) is 17.1 Å². The molecule has 34 heavy (non-hydrogen) atoms. The molecule has 0 aliphatic rings. The summed E-state index contributed by atoms with van der Waals surface area (Å²) in [5.74, 6) is -6.23. The molecular formula is C31H22F2O. The Kier molecular flexibility index (Phi) is 5.77. The first-order chi connectivity index (χ1) is 16.5. The van der Waals surface area contributed by atoms with Crippen LogP contribution in [0.25, 0.3) is 27.6 Å². The molecule has 1 nitrogen and oxygen atoms in total. The fourth-order valence-electron chi connectivity index (χ4n) is 4.28. The van der Waals surface area contributed by atoms with Crippen LogP contribution < -0.4 is 0 Å². The monoisotopic (exact) mass is 448 g/mol. The van der Waals surface area contributed by atoms with E-state index in [1.807, 2.05) is 72.8 Å². The van der Waals surface area contributed by atoms with Gasteiger partial charge in [0.05, 0.1) is 5.92 Å². The predicted molar refractivity (Wildman–Crippen MR) is 135 cm³/mol. The molecule has 0 N–H and O–H groups in total. The van der Waals surface area contributed by atoms with E-state index in [2.05, 4.69) is 0 Å². The van der Waals surface area contributed by atoms with Crippen LogP contribution in [-0.4, -0.2) is 11.7 Å². The largest absolute Gasteiger partial charge is 0.319 e. The number of rotatable bonds is 6. The number of fused-ring (bicyclic) bond motifs is 2. The normalized spacial score (nSPS) is 12.9. The Morgan fingerprint density at radius 1 is 0.647 bits per heavy atom. The van der Waals surface area contributed by atoms with E-state index in [1.54, 1.807) is 36.4 Å². The Balaban J connectivity index is 1.59. The van der Waals surface area contributed by atoms with Crippen molar-refractivity contribution in [2.24, 2.45) is 0 Å². The third kappa shape index (κ3) is 4.25. The van der Waals surface area contributed by atoms with Crippen molar-refractivity contribution in [2.45, 2.75) is 11.8 Å². The Morgan fingerprint density at radius 2 is 1.21 bits per heavy atom. The van der Waals surface area contributed by atoms with Crippen LogP contribution in [0.15, 0.2) is 121 Å². The fraction of sp³-hybridized carbons (Fsp3) is 0.0645. The molecule has 5 aromatic rings. The van der Waals surface area contributed by atoms with E-state index in [-0.39, 0.29) is 5.56 Å². The van der Waals surface area contributed by atoms with Crippen LogP contribution >= 0.6 is 0 Å². The Bertz CT molecular complexity index is 1500. The molecule has 0 amide bonds. The lowest BCUT2D eigenvalue weighted by Crippen LogP contribution is -2.35. The van der Waals surface area contributed by atoms with Crippen molar-refractivity contribution in [2.75, 3.05) is 0 Å². The van der Waals surface area contributed by atoms with Crippen molar-refractivity contribution in [1.82, 2.24) is 0 Å². The summed E-state index contributed by atoms with van der Waals surface area (Å²) in [6, 6.07) is 34.3. The summed E-state index contributed by atoms with van der Waals surface area (Å²) in [7, 11) is 0. The Hall–Kier alpha value is -4.11. The van der Waals surface area contributed by atoms with Gasteiger partial charge in [0.1, 0.15) is 0 Å². The zero-order valence-electron chi connectivity index (χ0n) is 18.4. The second kappa shape index (κ2) is 9.03. The number of carbonyl (C=O) groups excluding carboxylic acids is 1. The molecule has 1 unspecified atom stereocenters. The number of carbonyl (C=O) groups is 1. The average Bonchev–Trinajstić information content (AvgIpc) is 2.88. The van der Waals surface area contributed by atoms with E-state index in [4.69, 9.17) is 0 Å². The van der Waals surface area contributed by atoms with E-state index < -0.39 is 17.6 Å². The summed E-state index contributed by atoms with van der Waals surface area (Å²) >= 11 is 0. The van der Waals surface area contributed by atoms with Gasteiger partial charge in [-0.1, -0.05) is 121 Å². The number of ketones is 1.